The number of allylic oxidation sites excluding steroid dienone is 8. The monoisotopic (exact) mass is 552 g/mol. The Hall–Kier alpha value is -4.74. The van der Waals surface area contributed by atoms with Crippen LogP contribution in [0.15, 0.2) is 94.2 Å². The molecule has 0 atom stereocenters. The van der Waals surface area contributed by atoms with Crippen molar-refractivity contribution in [3.63, 3.8) is 0 Å². The van der Waals surface area contributed by atoms with E-state index in [0.29, 0.717) is 33.2 Å². The summed E-state index contributed by atoms with van der Waals surface area (Å²) in [6.07, 6.45) is 9.99. The minimum Gasteiger partial charge on any atom is -0.457 e. The number of anilines is 2. The predicted octanol–water partition coefficient (Wildman–Crippen LogP) is 6.40. The van der Waals surface area contributed by atoms with Gasteiger partial charge < -0.3 is 4.74 Å². The highest BCUT2D eigenvalue weighted by Crippen LogP contribution is 2.34. The van der Waals surface area contributed by atoms with Crippen LogP contribution >= 0.6 is 22.7 Å². The molecule has 2 N–H and O–H groups in total. The third kappa shape index (κ3) is 5.44. The van der Waals surface area contributed by atoms with Crippen LogP contribution < -0.4 is 15.6 Å². The van der Waals surface area contributed by atoms with Gasteiger partial charge in [0.25, 0.3) is 0 Å². The van der Waals surface area contributed by atoms with E-state index in [0.717, 1.165) is 31.6 Å². The third-order valence-electron chi connectivity index (χ3n) is 5.73. The Kier molecular flexibility index (Phi) is 6.43. The standard InChI is InChI=1S/C28H20N6O3S2/c1-15-3-9-23(35)21(11-15)31-33-27-29-19-7-5-17(13-25(19)38-27)37-18-6-8-20-26(14-18)39-28(30-20)34-32-22-12-16(2)4-10-24(22)36/h3-14H,1-2H3,(H,29,33)(H,30,34). The van der Waals surface area contributed by atoms with Crippen molar-refractivity contribution in [1.29, 1.82) is 0 Å². The van der Waals surface area contributed by atoms with Gasteiger partial charge in [0.05, 0.1) is 20.4 Å². The first-order valence-corrected chi connectivity index (χ1v) is 13.5. The molecule has 39 heavy (non-hydrogen) atoms. The summed E-state index contributed by atoms with van der Waals surface area (Å²) in [5, 5.41) is 9.58. The van der Waals surface area contributed by atoms with Gasteiger partial charge in [-0.3, -0.25) is 20.4 Å². The summed E-state index contributed by atoms with van der Waals surface area (Å²) in [5.74, 6) is 1.02. The van der Waals surface area contributed by atoms with Crippen LogP contribution in [-0.2, 0) is 9.59 Å². The summed E-state index contributed by atoms with van der Waals surface area (Å²) in [6.45, 7) is 3.82. The fourth-order valence-electron chi connectivity index (χ4n) is 3.81. The molecule has 0 aliphatic heterocycles. The second-order valence-corrected chi connectivity index (χ2v) is 10.9. The Morgan fingerprint density at radius 2 is 1.15 bits per heavy atom. The van der Waals surface area contributed by atoms with Crippen LogP contribution in [0.4, 0.5) is 10.3 Å². The molecule has 0 amide bonds. The number of thiazole rings is 2. The van der Waals surface area contributed by atoms with E-state index in [4.69, 9.17) is 4.74 Å². The number of nitrogens with one attached hydrogen (secondary N) is 2. The lowest BCUT2D eigenvalue weighted by atomic mass is 10.1. The lowest BCUT2D eigenvalue weighted by molar-refractivity contribution is -0.109. The number of rotatable bonds is 6. The first kappa shape index (κ1) is 24.6. The van der Waals surface area contributed by atoms with Gasteiger partial charge in [0.1, 0.15) is 22.9 Å². The number of fused-ring (bicyclic) bond motifs is 2. The molecule has 4 aromatic rings. The Bertz CT molecular complexity index is 1720. The Morgan fingerprint density at radius 3 is 1.62 bits per heavy atom. The number of nitrogens with zero attached hydrogens (tertiary/aromatic N) is 4. The predicted molar refractivity (Wildman–Crippen MR) is 157 cm³/mol. The van der Waals surface area contributed by atoms with E-state index in [1.54, 1.807) is 24.3 Å². The topological polar surface area (TPSA) is 118 Å². The SMILES string of the molecule is CC1=CC(=NNc2nc3ccc(Oc4ccc5nc(NN=C6C=C(C)C=CC6=O)sc5c4)cc3s2)C(=O)C=C1. The Labute approximate surface area is 230 Å². The molecule has 2 heterocycles. The van der Waals surface area contributed by atoms with E-state index in [1.165, 1.54) is 34.8 Å². The summed E-state index contributed by atoms with van der Waals surface area (Å²) in [6, 6.07) is 11.3. The fourth-order valence-corrected chi connectivity index (χ4v) is 5.49. The summed E-state index contributed by atoms with van der Waals surface area (Å²) < 4.78 is 7.95. The molecule has 0 bridgehead atoms. The lowest BCUT2D eigenvalue weighted by Gasteiger charge is -2.05. The van der Waals surface area contributed by atoms with Crippen molar-refractivity contribution in [1.82, 2.24) is 9.97 Å². The molecule has 0 saturated heterocycles. The maximum atomic E-state index is 12.0. The van der Waals surface area contributed by atoms with E-state index in [9.17, 15) is 9.59 Å². The average Bonchev–Trinajstić information content (AvgIpc) is 3.52. The molecule has 0 spiro atoms. The summed E-state index contributed by atoms with van der Waals surface area (Å²) in [5.41, 5.74) is 9.97. The molecule has 0 radical (unpaired) electrons. The van der Waals surface area contributed by atoms with Gasteiger partial charge in [-0.05, 0) is 73.6 Å². The van der Waals surface area contributed by atoms with Crippen LogP contribution in [0.3, 0.4) is 0 Å². The zero-order valence-corrected chi connectivity index (χ0v) is 22.4. The van der Waals surface area contributed by atoms with E-state index in [-0.39, 0.29) is 11.6 Å². The van der Waals surface area contributed by atoms with Gasteiger partial charge >= 0.3 is 0 Å². The number of benzene rings is 2. The smallest absolute Gasteiger partial charge is 0.205 e. The molecule has 2 aliphatic carbocycles. The summed E-state index contributed by atoms with van der Waals surface area (Å²) in [7, 11) is 0. The highest BCUT2D eigenvalue weighted by Gasteiger charge is 2.13. The van der Waals surface area contributed by atoms with Crippen LogP contribution in [0.1, 0.15) is 13.8 Å². The van der Waals surface area contributed by atoms with Crippen molar-refractivity contribution in [2.75, 3.05) is 10.9 Å². The van der Waals surface area contributed by atoms with Crippen LogP contribution in [0.25, 0.3) is 20.4 Å². The van der Waals surface area contributed by atoms with Gasteiger partial charge in [-0.1, -0.05) is 34.8 Å². The molecule has 9 nitrogen and oxygen atoms in total. The maximum absolute atomic E-state index is 12.0. The van der Waals surface area contributed by atoms with Crippen LogP contribution in [0.5, 0.6) is 11.5 Å². The van der Waals surface area contributed by atoms with Crippen molar-refractivity contribution in [3.05, 3.63) is 84.0 Å². The normalized spacial score (nSPS) is 17.3. The van der Waals surface area contributed by atoms with Crippen molar-refractivity contribution in [2.24, 2.45) is 10.2 Å². The van der Waals surface area contributed by atoms with E-state index in [2.05, 4.69) is 31.0 Å². The number of ketones is 2. The molecule has 2 aromatic heterocycles. The molecular formula is C28H20N6O3S2. The number of ether oxygens (including phenoxy) is 1. The fraction of sp³-hybridized carbons (Fsp3) is 0.0714. The Morgan fingerprint density at radius 1 is 0.692 bits per heavy atom. The molecule has 11 heteroatoms. The first-order chi connectivity index (χ1) is 18.9. The van der Waals surface area contributed by atoms with Gasteiger partial charge in [0.2, 0.25) is 21.8 Å². The van der Waals surface area contributed by atoms with E-state index < -0.39 is 0 Å². The highest BCUT2D eigenvalue weighted by atomic mass is 32.1. The second-order valence-electron chi connectivity index (χ2n) is 8.79. The van der Waals surface area contributed by atoms with Crippen LogP contribution in [0, 0.1) is 0 Å². The number of aromatic nitrogens is 2. The van der Waals surface area contributed by atoms with E-state index in [1.807, 2.05) is 50.2 Å². The zero-order chi connectivity index (χ0) is 26.9. The molecule has 2 aromatic carbocycles. The van der Waals surface area contributed by atoms with Crippen molar-refractivity contribution >= 4 is 76.4 Å². The van der Waals surface area contributed by atoms with Gasteiger partial charge in [-0.2, -0.15) is 10.2 Å². The van der Waals surface area contributed by atoms with Crippen molar-refractivity contribution in [3.8, 4) is 11.5 Å². The highest BCUT2D eigenvalue weighted by molar-refractivity contribution is 7.22. The second kappa shape index (κ2) is 10.2. The number of hydrogen-bond acceptors (Lipinski definition) is 11. The molecule has 6 rings (SSSR count). The first-order valence-electron chi connectivity index (χ1n) is 11.9. The van der Waals surface area contributed by atoms with Gasteiger partial charge in [0, 0.05) is 12.1 Å². The number of carbonyl (C=O) groups is 2. The number of hydrazone groups is 2. The van der Waals surface area contributed by atoms with E-state index >= 15 is 0 Å². The molecule has 0 unspecified atom stereocenters. The van der Waals surface area contributed by atoms with Gasteiger partial charge in [-0.15, -0.1) is 0 Å². The minimum atomic E-state index is -0.150. The maximum Gasteiger partial charge on any atom is 0.205 e. The minimum absolute atomic E-state index is 0.150. The molecular weight excluding hydrogens is 532 g/mol. The lowest BCUT2D eigenvalue weighted by Crippen LogP contribution is -2.13. The largest absolute Gasteiger partial charge is 0.457 e. The molecule has 192 valence electrons. The zero-order valence-electron chi connectivity index (χ0n) is 20.8. The molecule has 2 aliphatic rings. The summed E-state index contributed by atoms with van der Waals surface area (Å²) in [4.78, 5) is 33.1. The van der Waals surface area contributed by atoms with Gasteiger partial charge in [-0.25, -0.2) is 9.97 Å². The van der Waals surface area contributed by atoms with Crippen molar-refractivity contribution in [2.45, 2.75) is 13.8 Å². The van der Waals surface area contributed by atoms with Crippen LogP contribution in [-0.4, -0.2) is 33.0 Å². The quantitative estimate of drug-likeness (QED) is 0.210. The summed E-state index contributed by atoms with van der Waals surface area (Å²) >= 11 is 2.83. The Balaban J connectivity index is 1.16. The van der Waals surface area contributed by atoms with Crippen LogP contribution in [0.2, 0.25) is 0 Å². The third-order valence-corrected chi connectivity index (χ3v) is 7.57. The molecule has 0 saturated carbocycles. The van der Waals surface area contributed by atoms with Gasteiger partial charge in [0.15, 0.2) is 0 Å². The average molecular weight is 553 g/mol. The number of hydrogen-bond donors (Lipinski definition) is 2. The molecule has 0 fully saturated rings. The van der Waals surface area contributed by atoms with Crippen molar-refractivity contribution < 1.29 is 14.3 Å². The number of carbonyl (C=O) groups excluding carboxylic acids is 2.